The molecule has 1 N–H and O–H groups in total. The Balaban J connectivity index is 1.39. The van der Waals surface area contributed by atoms with E-state index in [2.05, 4.69) is 14.8 Å². The van der Waals surface area contributed by atoms with Crippen LogP contribution in [0.1, 0.15) is 52.5 Å². The van der Waals surface area contributed by atoms with Crippen molar-refractivity contribution in [1.82, 2.24) is 24.5 Å². The van der Waals surface area contributed by atoms with Gasteiger partial charge in [0.25, 0.3) is 21.5 Å². The summed E-state index contributed by atoms with van der Waals surface area (Å²) in [5, 5.41) is 4.70. The Bertz CT molecular complexity index is 2220. The van der Waals surface area contributed by atoms with E-state index in [1.807, 2.05) is 44.0 Å². The minimum Gasteiger partial charge on any atom is -0.377 e. The molecule has 1 amide bonds. The fraction of sp³-hybridized carbons (Fsp3) is 0.351. The zero-order valence-electron chi connectivity index (χ0n) is 29.0. The number of aryl methyl sites for hydroxylation is 2. The van der Waals surface area contributed by atoms with Crippen molar-refractivity contribution in [3.05, 3.63) is 105 Å². The predicted molar refractivity (Wildman–Crippen MR) is 192 cm³/mol. The number of hydrogen-bond donors (Lipinski definition) is 1. The number of sulfonamides is 1. The molecule has 5 aromatic rings. The molecule has 4 heterocycles. The first-order valence-electron chi connectivity index (χ1n) is 16.8. The molecule has 0 bridgehead atoms. The number of ether oxygens (including phenoxy) is 1. The minimum atomic E-state index is -4.05. The molecule has 13 heteroatoms. The highest BCUT2D eigenvalue weighted by molar-refractivity contribution is 7.92. The minimum absolute atomic E-state index is 0.0768. The molecule has 0 saturated carbocycles. The third-order valence-corrected chi connectivity index (χ3v) is 10.6. The van der Waals surface area contributed by atoms with Gasteiger partial charge in [0.15, 0.2) is 5.82 Å². The van der Waals surface area contributed by atoms with Gasteiger partial charge in [0.05, 0.1) is 29.3 Å². The van der Waals surface area contributed by atoms with E-state index in [0.29, 0.717) is 59.8 Å². The maximum Gasteiger partial charge on any atom is 0.272 e. The fourth-order valence-electron chi connectivity index (χ4n) is 6.22. The maximum atomic E-state index is 13.7. The molecule has 0 atom stereocenters. The van der Waals surface area contributed by atoms with E-state index in [-0.39, 0.29) is 35.3 Å². The van der Waals surface area contributed by atoms with Crippen molar-refractivity contribution in [3.8, 4) is 11.1 Å². The Hall–Kier alpha value is -4.85. The number of nitrogens with zero attached hydrogens (tertiary/aromatic N) is 5. The number of rotatable bonds is 11. The number of amides is 1. The Kier molecular flexibility index (Phi) is 10.2. The molecule has 1 fully saturated rings. The molecule has 12 nitrogen and oxygen atoms in total. The van der Waals surface area contributed by atoms with Crippen molar-refractivity contribution in [2.45, 2.75) is 52.2 Å². The van der Waals surface area contributed by atoms with Gasteiger partial charge in [-0.05, 0) is 69.1 Å². The van der Waals surface area contributed by atoms with E-state index in [9.17, 15) is 18.0 Å². The van der Waals surface area contributed by atoms with Crippen LogP contribution in [0.2, 0.25) is 0 Å². The van der Waals surface area contributed by atoms with Gasteiger partial charge >= 0.3 is 0 Å². The van der Waals surface area contributed by atoms with Gasteiger partial charge in [-0.25, -0.2) is 13.4 Å². The number of carbonyl (C=O) groups is 1. The van der Waals surface area contributed by atoms with E-state index in [1.165, 1.54) is 6.07 Å². The van der Waals surface area contributed by atoms with Gasteiger partial charge in [-0.1, -0.05) is 48.5 Å². The molecule has 1 aliphatic heterocycles. The van der Waals surface area contributed by atoms with Gasteiger partial charge < -0.3 is 23.6 Å². The molecule has 0 aliphatic carbocycles. The average Bonchev–Trinajstić information content (AvgIpc) is 3.43. The molecule has 6 rings (SSSR count). The monoisotopic (exact) mass is 698 g/mol. The highest BCUT2D eigenvalue weighted by Gasteiger charge is 2.25. The van der Waals surface area contributed by atoms with E-state index >= 15 is 0 Å². The summed E-state index contributed by atoms with van der Waals surface area (Å²) < 4.78 is 42.7. The van der Waals surface area contributed by atoms with Crippen molar-refractivity contribution in [3.63, 3.8) is 0 Å². The molecule has 1 aliphatic rings. The molecule has 3 aromatic heterocycles. The van der Waals surface area contributed by atoms with E-state index < -0.39 is 10.0 Å². The largest absolute Gasteiger partial charge is 0.377 e. The fourth-order valence-corrected chi connectivity index (χ4v) is 7.50. The highest BCUT2D eigenvalue weighted by atomic mass is 32.2. The molecule has 2 aromatic carbocycles. The number of pyridine rings is 2. The topological polar surface area (TPSA) is 140 Å². The number of likely N-dealkylation sites (N-methyl/N-ethyl adjacent to an activating group) is 1. The van der Waals surface area contributed by atoms with Crippen molar-refractivity contribution in [1.29, 1.82) is 0 Å². The van der Waals surface area contributed by atoms with Crippen LogP contribution in [-0.4, -0.2) is 78.7 Å². The summed E-state index contributed by atoms with van der Waals surface area (Å²) in [6.07, 6.45) is 0.596. The second-order valence-corrected chi connectivity index (χ2v) is 14.2. The van der Waals surface area contributed by atoms with Crippen molar-refractivity contribution < 1.29 is 22.5 Å². The zero-order valence-corrected chi connectivity index (χ0v) is 29.8. The first-order chi connectivity index (χ1) is 24.0. The maximum absolute atomic E-state index is 13.7. The highest BCUT2D eigenvalue weighted by Crippen LogP contribution is 2.33. The summed E-state index contributed by atoms with van der Waals surface area (Å²) in [7, 11) is -2.02. The number of carbonyl (C=O) groups excluding carboxylic acids is 1. The van der Waals surface area contributed by atoms with Crippen LogP contribution in [0.15, 0.2) is 74.9 Å². The number of fused-ring (bicyclic) bond motifs is 1. The summed E-state index contributed by atoms with van der Waals surface area (Å²) in [5.41, 5.74) is 4.86. The SMILES string of the molecule is CCOCc1cc(Cn2c(=O)ccc3c(CC)nc(C(=O)N4CCN(C)CC4)cc32)ccc1-c1ccccc1S(=O)(=O)Nc1noc(C)c1C. The molecule has 0 unspecified atom stereocenters. The molecule has 0 spiro atoms. The molecule has 262 valence electrons. The summed E-state index contributed by atoms with van der Waals surface area (Å²) in [6, 6.07) is 17.5. The van der Waals surface area contributed by atoms with Crippen LogP contribution in [0.5, 0.6) is 0 Å². The average molecular weight is 699 g/mol. The normalized spacial score (nSPS) is 14.0. The second-order valence-electron chi connectivity index (χ2n) is 12.5. The predicted octanol–water partition coefficient (Wildman–Crippen LogP) is 5.00. The van der Waals surface area contributed by atoms with Crippen LogP contribution in [-0.2, 0) is 34.3 Å². The standard InChI is InChI=1S/C37H42N6O6S/c1-6-31-30-14-15-35(44)43(33(30)21-32(38-31)37(45)42-18-16-41(5)17-19-42)22-26-12-13-28(27(20-26)23-48-7-2)29-10-8-9-11-34(29)50(46,47)40-36-24(3)25(4)49-39-36/h8-15,20-21H,6-7,16-19,22-23H2,1-5H3,(H,39,40). The van der Waals surface area contributed by atoms with Gasteiger partial charge in [-0.15, -0.1) is 0 Å². The summed E-state index contributed by atoms with van der Waals surface area (Å²) in [4.78, 5) is 35.9. The molecular formula is C37H42N6O6S. The van der Waals surface area contributed by atoms with E-state index in [4.69, 9.17) is 14.2 Å². The van der Waals surface area contributed by atoms with E-state index in [0.717, 1.165) is 35.3 Å². The number of hydrogen-bond acceptors (Lipinski definition) is 9. The van der Waals surface area contributed by atoms with Gasteiger partial charge in [0.2, 0.25) is 0 Å². The lowest BCUT2D eigenvalue weighted by atomic mass is 9.97. The van der Waals surface area contributed by atoms with Crippen LogP contribution >= 0.6 is 0 Å². The van der Waals surface area contributed by atoms with Crippen LogP contribution in [0, 0.1) is 13.8 Å². The summed E-state index contributed by atoms with van der Waals surface area (Å²) in [5.74, 6) is 0.520. The Morgan fingerprint density at radius 2 is 1.74 bits per heavy atom. The quantitative estimate of drug-likeness (QED) is 0.202. The third kappa shape index (κ3) is 7.07. The zero-order chi connectivity index (χ0) is 35.6. The number of benzene rings is 2. The van der Waals surface area contributed by atoms with Gasteiger partial charge in [0, 0.05) is 55.4 Å². The lowest BCUT2D eigenvalue weighted by molar-refractivity contribution is 0.0658. The van der Waals surface area contributed by atoms with Crippen LogP contribution in [0.25, 0.3) is 22.0 Å². The van der Waals surface area contributed by atoms with Crippen LogP contribution in [0.4, 0.5) is 5.82 Å². The van der Waals surface area contributed by atoms with Gasteiger partial charge in [-0.2, -0.15) is 0 Å². The van der Waals surface area contributed by atoms with Gasteiger partial charge in [-0.3, -0.25) is 14.3 Å². The number of nitrogens with one attached hydrogen (secondary N) is 1. The second kappa shape index (κ2) is 14.6. The Morgan fingerprint density at radius 1 is 0.980 bits per heavy atom. The molecule has 1 saturated heterocycles. The van der Waals surface area contributed by atoms with Crippen LogP contribution in [0.3, 0.4) is 0 Å². The first-order valence-corrected chi connectivity index (χ1v) is 18.2. The Morgan fingerprint density at radius 3 is 2.44 bits per heavy atom. The lowest BCUT2D eigenvalue weighted by Gasteiger charge is -2.32. The van der Waals surface area contributed by atoms with Gasteiger partial charge in [0.1, 0.15) is 11.5 Å². The third-order valence-electron chi connectivity index (χ3n) is 9.24. The van der Waals surface area contributed by atoms with Crippen molar-refractivity contribution >= 4 is 32.7 Å². The van der Waals surface area contributed by atoms with Crippen molar-refractivity contribution in [2.24, 2.45) is 0 Å². The number of aromatic nitrogens is 3. The molecular weight excluding hydrogens is 657 g/mol. The van der Waals surface area contributed by atoms with Crippen LogP contribution < -0.4 is 10.3 Å². The number of piperazine rings is 1. The first kappa shape index (κ1) is 35.0. The van der Waals surface area contributed by atoms with Crippen molar-refractivity contribution in [2.75, 3.05) is 44.6 Å². The summed E-state index contributed by atoms with van der Waals surface area (Å²) in [6.45, 7) is 11.0. The number of anilines is 1. The Labute approximate surface area is 291 Å². The molecule has 0 radical (unpaired) electrons. The summed E-state index contributed by atoms with van der Waals surface area (Å²) >= 11 is 0. The smallest absolute Gasteiger partial charge is 0.272 e. The lowest BCUT2D eigenvalue weighted by Crippen LogP contribution is -2.47. The van der Waals surface area contributed by atoms with E-state index in [1.54, 1.807) is 54.8 Å². The molecule has 50 heavy (non-hydrogen) atoms.